The Morgan fingerprint density at radius 1 is 1.11 bits per heavy atom. The van der Waals surface area contributed by atoms with E-state index >= 15 is 0 Å². The molecule has 8 heteroatoms. The average molecular weight is 373 g/mol. The number of nitrogens with one attached hydrogen (secondary N) is 1. The molecule has 0 aliphatic rings. The van der Waals surface area contributed by atoms with Gasteiger partial charge in [-0.05, 0) is 30.0 Å². The molecule has 0 saturated heterocycles. The summed E-state index contributed by atoms with van der Waals surface area (Å²) in [7, 11) is 3.04. The van der Waals surface area contributed by atoms with Crippen molar-refractivity contribution in [1.29, 1.82) is 0 Å². The first-order chi connectivity index (χ1) is 12.8. The highest BCUT2D eigenvalue weighted by molar-refractivity contribution is 5.74. The van der Waals surface area contributed by atoms with E-state index in [-0.39, 0.29) is 5.82 Å². The van der Waals surface area contributed by atoms with Gasteiger partial charge in [-0.2, -0.15) is 4.98 Å². The van der Waals surface area contributed by atoms with Crippen molar-refractivity contribution in [3.63, 3.8) is 0 Å². The first-order valence-electron chi connectivity index (χ1n) is 8.94. The summed E-state index contributed by atoms with van der Waals surface area (Å²) in [4.78, 5) is 29.5. The van der Waals surface area contributed by atoms with Crippen molar-refractivity contribution >= 4 is 17.1 Å². The molecule has 0 radical (unpaired) electrons. The molecule has 0 bridgehead atoms. The summed E-state index contributed by atoms with van der Waals surface area (Å²) in [6.45, 7) is 5.29. The molecule has 0 unspecified atom stereocenters. The van der Waals surface area contributed by atoms with Crippen molar-refractivity contribution in [3.05, 3.63) is 56.5 Å². The molecule has 0 atom stereocenters. The monoisotopic (exact) mass is 373 g/mol. The molecule has 0 aliphatic heterocycles. The summed E-state index contributed by atoms with van der Waals surface area (Å²) >= 11 is 0. The quantitative estimate of drug-likeness (QED) is 0.718. The van der Waals surface area contributed by atoms with Gasteiger partial charge in [-0.3, -0.25) is 18.5 Å². The van der Waals surface area contributed by atoms with Crippen molar-refractivity contribution in [2.45, 2.75) is 26.8 Å². The molecule has 2 aromatic heterocycles. The summed E-state index contributed by atoms with van der Waals surface area (Å²) in [6.07, 6.45) is 0.941. The van der Waals surface area contributed by atoms with Gasteiger partial charge in [0.15, 0.2) is 11.2 Å². The zero-order valence-corrected chi connectivity index (χ0v) is 16.0. The molecule has 1 N–H and O–H groups in total. The lowest BCUT2D eigenvalue weighted by Gasteiger charge is -2.12. The Morgan fingerprint density at radius 2 is 1.78 bits per heavy atom. The second-order valence-electron chi connectivity index (χ2n) is 7.14. The highest BCUT2D eigenvalue weighted by Gasteiger charge is 2.19. The third kappa shape index (κ3) is 3.65. The van der Waals surface area contributed by atoms with E-state index in [0.717, 1.165) is 16.6 Å². The number of rotatable bonds is 6. The molecule has 7 nitrogen and oxygen atoms in total. The molecule has 3 aromatic rings. The van der Waals surface area contributed by atoms with E-state index in [2.05, 4.69) is 24.1 Å². The Kier molecular flexibility index (Phi) is 5.16. The van der Waals surface area contributed by atoms with E-state index in [4.69, 9.17) is 0 Å². The number of aryl methyl sites for hydroxylation is 1. The zero-order chi connectivity index (χ0) is 19.7. The Bertz CT molecular complexity index is 1080. The fraction of sp³-hybridized carbons (Fsp3) is 0.421. The van der Waals surface area contributed by atoms with Crippen molar-refractivity contribution in [3.8, 4) is 0 Å². The van der Waals surface area contributed by atoms with Crippen LogP contribution in [0.5, 0.6) is 0 Å². The first-order valence-corrected chi connectivity index (χ1v) is 8.94. The van der Waals surface area contributed by atoms with Crippen LogP contribution in [0, 0.1) is 11.7 Å². The van der Waals surface area contributed by atoms with Crippen LogP contribution >= 0.6 is 0 Å². The van der Waals surface area contributed by atoms with E-state index in [1.54, 1.807) is 23.7 Å². The molecule has 2 heterocycles. The summed E-state index contributed by atoms with van der Waals surface area (Å²) in [5, 5.41) is 3.27. The lowest BCUT2D eigenvalue weighted by Crippen LogP contribution is -2.37. The Labute approximate surface area is 156 Å². The summed E-state index contributed by atoms with van der Waals surface area (Å²) < 4.78 is 17.4. The largest absolute Gasteiger partial charge is 0.356 e. The zero-order valence-electron chi connectivity index (χ0n) is 16.0. The molecule has 0 spiro atoms. The number of hydrogen-bond donors (Lipinski definition) is 1. The summed E-state index contributed by atoms with van der Waals surface area (Å²) in [6, 6.07) is 6.11. The summed E-state index contributed by atoms with van der Waals surface area (Å²) in [5.41, 5.74) is 0.680. The highest BCUT2D eigenvalue weighted by Crippen LogP contribution is 2.18. The molecule has 144 valence electrons. The smallest absolute Gasteiger partial charge is 0.332 e. The van der Waals surface area contributed by atoms with Crippen LogP contribution < -0.4 is 16.6 Å². The van der Waals surface area contributed by atoms with Gasteiger partial charge in [-0.25, -0.2) is 9.18 Å². The number of aromatic nitrogens is 4. The van der Waals surface area contributed by atoms with Gasteiger partial charge in [0.25, 0.3) is 5.56 Å². The minimum Gasteiger partial charge on any atom is -0.356 e. The van der Waals surface area contributed by atoms with Crippen molar-refractivity contribution < 1.29 is 4.39 Å². The van der Waals surface area contributed by atoms with E-state index in [9.17, 15) is 14.0 Å². The van der Waals surface area contributed by atoms with Crippen LogP contribution in [-0.2, 0) is 20.6 Å². The van der Waals surface area contributed by atoms with Crippen molar-refractivity contribution in [2.24, 2.45) is 20.0 Å². The molecule has 0 aliphatic carbocycles. The summed E-state index contributed by atoms with van der Waals surface area (Å²) in [5.74, 6) is 0.723. The molecule has 3 rings (SSSR count). The number of halogens is 1. The Hall–Kier alpha value is -2.90. The van der Waals surface area contributed by atoms with E-state index < -0.39 is 11.2 Å². The predicted octanol–water partition coefficient (Wildman–Crippen LogP) is 2.08. The normalized spacial score (nSPS) is 11.5. The number of anilines is 1. The van der Waals surface area contributed by atoms with Gasteiger partial charge in [-0.1, -0.05) is 26.0 Å². The predicted molar refractivity (Wildman–Crippen MR) is 104 cm³/mol. The van der Waals surface area contributed by atoms with Crippen LogP contribution in [0.2, 0.25) is 0 Å². The average Bonchev–Trinajstić information content (AvgIpc) is 2.98. The number of imidazole rings is 1. The third-order valence-corrected chi connectivity index (χ3v) is 4.61. The van der Waals surface area contributed by atoms with Gasteiger partial charge in [0.1, 0.15) is 5.82 Å². The molecular formula is C19H24FN5O2. The Morgan fingerprint density at radius 3 is 2.41 bits per heavy atom. The van der Waals surface area contributed by atoms with Gasteiger partial charge >= 0.3 is 5.69 Å². The van der Waals surface area contributed by atoms with Gasteiger partial charge in [0, 0.05) is 20.6 Å². The van der Waals surface area contributed by atoms with Gasteiger partial charge < -0.3 is 5.32 Å². The van der Waals surface area contributed by atoms with Crippen LogP contribution in [-0.4, -0.2) is 25.2 Å². The highest BCUT2D eigenvalue weighted by atomic mass is 19.1. The lowest BCUT2D eigenvalue weighted by molar-refractivity contribution is 0.604. The SMILES string of the molecule is CC(C)CCNc1nc2c(c(=O)n(C)c(=O)n2C)n1Cc1ccc(F)cc1. The second kappa shape index (κ2) is 7.38. The van der Waals surface area contributed by atoms with Crippen molar-refractivity contribution in [1.82, 2.24) is 18.7 Å². The van der Waals surface area contributed by atoms with E-state index in [0.29, 0.717) is 36.1 Å². The second-order valence-corrected chi connectivity index (χ2v) is 7.14. The standard InChI is InChI=1S/C19H24FN5O2/c1-12(2)9-10-21-18-22-16-15(17(26)24(4)19(27)23(16)3)25(18)11-13-5-7-14(20)8-6-13/h5-8,12H,9-11H2,1-4H3,(H,21,22). The third-order valence-electron chi connectivity index (χ3n) is 4.61. The van der Waals surface area contributed by atoms with Crippen LogP contribution in [0.4, 0.5) is 10.3 Å². The minimum atomic E-state index is -0.423. The Balaban J connectivity index is 2.15. The molecular weight excluding hydrogens is 349 g/mol. The topological polar surface area (TPSA) is 73.8 Å². The van der Waals surface area contributed by atoms with Crippen molar-refractivity contribution in [2.75, 3.05) is 11.9 Å². The maximum absolute atomic E-state index is 13.2. The van der Waals surface area contributed by atoms with Crippen LogP contribution in [0.15, 0.2) is 33.9 Å². The van der Waals surface area contributed by atoms with Crippen LogP contribution in [0.3, 0.4) is 0 Å². The molecule has 0 amide bonds. The van der Waals surface area contributed by atoms with Crippen LogP contribution in [0.1, 0.15) is 25.8 Å². The minimum absolute atomic E-state index is 0.317. The lowest BCUT2D eigenvalue weighted by atomic mass is 10.1. The maximum Gasteiger partial charge on any atom is 0.332 e. The number of hydrogen-bond acceptors (Lipinski definition) is 4. The number of nitrogens with zero attached hydrogens (tertiary/aromatic N) is 4. The molecule has 1 aromatic carbocycles. The molecule has 27 heavy (non-hydrogen) atoms. The van der Waals surface area contributed by atoms with Gasteiger partial charge in [0.2, 0.25) is 5.95 Å². The first kappa shape index (κ1) is 18.9. The molecule has 0 saturated carbocycles. The van der Waals surface area contributed by atoms with E-state index in [1.807, 2.05) is 0 Å². The molecule has 0 fully saturated rings. The fourth-order valence-electron chi connectivity index (χ4n) is 2.98. The maximum atomic E-state index is 13.2. The van der Waals surface area contributed by atoms with E-state index in [1.165, 1.54) is 23.7 Å². The van der Waals surface area contributed by atoms with Crippen LogP contribution in [0.25, 0.3) is 11.2 Å². The number of benzene rings is 1. The van der Waals surface area contributed by atoms with Gasteiger partial charge in [0.05, 0.1) is 6.54 Å². The number of fused-ring (bicyclic) bond motifs is 1. The fourth-order valence-corrected chi connectivity index (χ4v) is 2.98. The van der Waals surface area contributed by atoms with Gasteiger partial charge in [-0.15, -0.1) is 0 Å².